The van der Waals surface area contributed by atoms with Gasteiger partial charge in [0.15, 0.2) is 0 Å². The van der Waals surface area contributed by atoms with Crippen molar-refractivity contribution in [3.63, 3.8) is 0 Å². The molecule has 8 heteroatoms. The van der Waals surface area contributed by atoms with Gasteiger partial charge in [-0.15, -0.1) is 0 Å². The predicted octanol–water partition coefficient (Wildman–Crippen LogP) is 1.77. The number of likely N-dealkylation sites (tertiary alicyclic amines) is 1. The summed E-state index contributed by atoms with van der Waals surface area (Å²) in [4.78, 5) is 49.5. The summed E-state index contributed by atoms with van der Waals surface area (Å²) < 4.78 is 5.10. The molecule has 180 valence electrons. The maximum absolute atomic E-state index is 13.6. The molecule has 8 nitrogen and oxygen atoms in total. The highest BCUT2D eigenvalue weighted by Gasteiger charge is 2.54. The minimum Gasteiger partial charge on any atom is -0.383 e. The Morgan fingerprint density at radius 1 is 1.06 bits per heavy atom. The molecule has 0 aliphatic carbocycles. The number of hydrogen-bond acceptors (Lipinski definition) is 6. The zero-order chi connectivity index (χ0) is 24.1. The van der Waals surface area contributed by atoms with Gasteiger partial charge in [0.25, 0.3) is 0 Å². The third kappa shape index (κ3) is 4.88. The van der Waals surface area contributed by atoms with Crippen LogP contribution in [0.3, 0.4) is 0 Å². The molecule has 2 fully saturated rings. The first-order valence-electron chi connectivity index (χ1n) is 11.7. The van der Waals surface area contributed by atoms with Gasteiger partial charge in [-0.1, -0.05) is 24.3 Å². The number of amides is 3. The van der Waals surface area contributed by atoms with Crippen LogP contribution in [-0.2, 0) is 31.1 Å². The first kappa shape index (κ1) is 24.0. The number of aromatic nitrogens is 1. The highest BCUT2D eigenvalue weighted by atomic mass is 16.5. The molecule has 0 spiro atoms. The molecule has 2 aromatic rings. The van der Waals surface area contributed by atoms with Crippen molar-refractivity contribution in [3.05, 3.63) is 65.5 Å². The van der Waals surface area contributed by atoms with E-state index in [9.17, 15) is 14.4 Å². The summed E-state index contributed by atoms with van der Waals surface area (Å²) in [5.41, 5.74) is 1.70. The third-order valence-corrected chi connectivity index (χ3v) is 6.92. The molecule has 0 bridgehead atoms. The van der Waals surface area contributed by atoms with Gasteiger partial charge in [-0.3, -0.25) is 29.2 Å². The van der Waals surface area contributed by atoms with E-state index in [0.717, 1.165) is 30.8 Å². The van der Waals surface area contributed by atoms with Gasteiger partial charge in [-0.25, -0.2) is 0 Å². The van der Waals surface area contributed by atoms with Gasteiger partial charge in [0.2, 0.25) is 17.7 Å². The fourth-order valence-electron chi connectivity index (χ4n) is 5.03. The molecule has 0 N–H and O–H groups in total. The fraction of sp³-hybridized carbons (Fsp3) is 0.462. The highest BCUT2D eigenvalue weighted by molar-refractivity contribution is 6.11. The summed E-state index contributed by atoms with van der Waals surface area (Å²) in [6.45, 7) is 5.94. The van der Waals surface area contributed by atoms with Gasteiger partial charge >= 0.3 is 0 Å². The summed E-state index contributed by atoms with van der Waals surface area (Å²) in [5.74, 6) is -0.629. The number of hydrogen-bond donors (Lipinski definition) is 0. The molecule has 1 aromatic heterocycles. The van der Waals surface area contributed by atoms with E-state index < -0.39 is 5.41 Å². The van der Waals surface area contributed by atoms with Crippen molar-refractivity contribution in [2.75, 3.05) is 46.4 Å². The lowest BCUT2D eigenvalue weighted by atomic mass is 9.74. The van der Waals surface area contributed by atoms with Crippen LogP contribution in [0.4, 0.5) is 0 Å². The molecule has 3 heterocycles. The highest BCUT2D eigenvalue weighted by Crippen LogP contribution is 2.41. The van der Waals surface area contributed by atoms with Gasteiger partial charge < -0.3 is 9.64 Å². The van der Waals surface area contributed by atoms with Crippen molar-refractivity contribution in [2.45, 2.75) is 31.7 Å². The molecule has 1 unspecified atom stereocenters. The van der Waals surface area contributed by atoms with Crippen molar-refractivity contribution >= 4 is 17.7 Å². The second kappa shape index (κ2) is 10.4. The Labute approximate surface area is 200 Å². The van der Waals surface area contributed by atoms with Crippen LogP contribution in [-0.4, -0.2) is 83.8 Å². The van der Waals surface area contributed by atoms with Crippen LogP contribution in [0.1, 0.15) is 29.5 Å². The van der Waals surface area contributed by atoms with Crippen LogP contribution < -0.4 is 0 Å². The van der Waals surface area contributed by atoms with E-state index in [0.29, 0.717) is 13.1 Å². The summed E-state index contributed by atoms with van der Waals surface area (Å²) in [6.07, 6.45) is 3.58. The number of imide groups is 1. The molecule has 34 heavy (non-hydrogen) atoms. The summed E-state index contributed by atoms with van der Waals surface area (Å²) in [6, 6.07) is 11.6. The van der Waals surface area contributed by atoms with E-state index in [1.54, 1.807) is 12.4 Å². The molecule has 2 aliphatic rings. The van der Waals surface area contributed by atoms with Gasteiger partial charge in [-0.2, -0.15) is 0 Å². The van der Waals surface area contributed by atoms with Crippen molar-refractivity contribution in [1.29, 1.82) is 0 Å². The molecule has 2 aliphatic heterocycles. The largest absolute Gasteiger partial charge is 0.383 e. The van der Waals surface area contributed by atoms with E-state index >= 15 is 0 Å². The summed E-state index contributed by atoms with van der Waals surface area (Å²) in [7, 11) is 1.54. The van der Waals surface area contributed by atoms with Crippen LogP contribution >= 0.6 is 0 Å². The molecular formula is C26H32N4O4. The van der Waals surface area contributed by atoms with Crippen molar-refractivity contribution in [1.82, 2.24) is 19.7 Å². The lowest BCUT2D eigenvalue weighted by Gasteiger charge is -2.37. The zero-order valence-electron chi connectivity index (χ0n) is 19.9. The van der Waals surface area contributed by atoms with Gasteiger partial charge in [0, 0.05) is 65.1 Å². The number of benzene rings is 1. The number of carbonyl (C=O) groups excluding carboxylic acids is 3. The van der Waals surface area contributed by atoms with Crippen LogP contribution in [0, 0.1) is 6.92 Å². The average Bonchev–Trinajstić information content (AvgIpc) is 3.08. The van der Waals surface area contributed by atoms with Crippen LogP contribution in [0.5, 0.6) is 0 Å². The topological polar surface area (TPSA) is 83.1 Å². The summed E-state index contributed by atoms with van der Waals surface area (Å²) >= 11 is 0. The molecule has 0 saturated carbocycles. The van der Waals surface area contributed by atoms with Crippen molar-refractivity contribution in [3.8, 4) is 0 Å². The number of pyridine rings is 1. The van der Waals surface area contributed by atoms with E-state index in [1.165, 1.54) is 17.6 Å². The molecule has 1 aromatic carbocycles. The minimum absolute atomic E-state index is 0.00371. The molecule has 0 radical (unpaired) electrons. The van der Waals surface area contributed by atoms with Gasteiger partial charge in [0.05, 0.1) is 18.6 Å². The summed E-state index contributed by atoms with van der Waals surface area (Å²) in [5, 5.41) is 0. The monoisotopic (exact) mass is 464 g/mol. The third-order valence-electron chi connectivity index (χ3n) is 6.92. The lowest BCUT2D eigenvalue weighted by Crippen LogP contribution is -2.50. The Morgan fingerprint density at radius 2 is 1.76 bits per heavy atom. The van der Waals surface area contributed by atoms with Gasteiger partial charge in [-0.05, 0) is 35.7 Å². The number of carbonyl (C=O) groups is 3. The fourth-order valence-corrected chi connectivity index (χ4v) is 5.03. The van der Waals surface area contributed by atoms with E-state index in [-0.39, 0.29) is 43.7 Å². The van der Waals surface area contributed by atoms with E-state index in [2.05, 4.69) is 9.88 Å². The molecule has 1 atom stereocenters. The van der Waals surface area contributed by atoms with Crippen LogP contribution in [0.25, 0.3) is 0 Å². The lowest BCUT2D eigenvalue weighted by molar-refractivity contribution is -0.143. The maximum Gasteiger partial charge on any atom is 0.240 e. The minimum atomic E-state index is -1.17. The second-order valence-corrected chi connectivity index (χ2v) is 9.11. The normalized spacial score (nSPS) is 21.4. The van der Waals surface area contributed by atoms with Crippen molar-refractivity contribution in [2.24, 2.45) is 0 Å². The number of rotatable bonds is 8. The molecule has 3 amide bonds. The first-order chi connectivity index (χ1) is 16.4. The van der Waals surface area contributed by atoms with E-state index in [1.807, 2.05) is 48.2 Å². The average molecular weight is 465 g/mol. The number of ether oxygens (including phenoxy) is 1. The standard InChI is InChI=1S/C26H32N4O4/c1-20-5-3-4-6-22(20)26(18-24(32)30(25(26)33)15-16-34-2)17-23(31)29-13-11-28(12-14-29)19-21-7-9-27-10-8-21/h3-10H,11-19H2,1-2H3. The Morgan fingerprint density at radius 3 is 2.44 bits per heavy atom. The number of piperazine rings is 1. The number of aryl methyl sites for hydroxylation is 1. The second-order valence-electron chi connectivity index (χ2n) is 9.11. The van der Waals surface area contributed by atoms with Crippen molar-refractivity contribution < 1.29 is 19.1 Å². The number of methoxy groups -OCH3 is 1. The van der Waals surface area contributed by atoms with Gasteiger partial charge in [0.1, 0.15) is 0 Å². The SMILES string of the molecule is COCCN1C(=O)CC(CC(=O)N2CCN(Cc3ccncc3)CC2)(c2ccccc2C)C1=O. The first-order valence-corrected chi connectivity index (χ1v) is 11.7. The Kier molecular flexibility index (Phi) is 7.38. The van der Waals surface area contributed by atoms with Crippen LogP contribution in [0.2, 0.25) is 0 Å². The Balaban J connectivity index is 1.49. The van der Waals surface area contributed by atoms with E-state index in [4.69, 9.17) is 4.74 Å². The molecular weight excluding hydrogens is 432 g/mol. The molecule has 2 saturated heterocycles. The zero-order valence-corrected chi connectivity index (χ0v) is 19.9. The smallest absolute Gasteiger partial charge is 0.240 e. The Hall–Kier alpha value is -3.10. The van der Waals surface area contributed by atoms with Crippen LogP contribution in [0.15, 0.2) is 48.8 Å². The maximum atomic E-state index is 13.6. The molecule has 4 rings (SSSR count). The Bertz CT molecular complexity index is 1040. The predicted molar refractivity (Wildman–Crippen MR) is 127 cm³/mol. The number of nitrogens with zero attached hydrogens (tertiary/aromatic N) is 4. The quantitative estimate of drug-likeness (QED) is 0.554.